The number of pyridine rings is 1. The van der Waals surface area contributed by atoms with Gasteiger partial charge in [0.25, 0.3) is 0 Å². The van der Waals surface area contributed by atoms with Crippen LogP contribution in [0, 0.1) is 6.92 Å². The van der Waals surface area contributed by atoms with E-state index in [2.05, 4.69) is 5.10 Å². The van der Waals surface area contributed by atoms with Crippen molar-refractivity contribution >= 4 is 11.5 Å². The Morgan fingerprint density at radius 2 is 2.33 bits per heavy atom. The van der Waals surface area contributed by atoms with Crippen LogP contribution in [0.4, 0.5) is 0 Å². The molecule has 0 spiro atoms. The standard InChI is InChI=1S/C11H12N2O2/c1-8-4-5-13-10(6-8)7-9(12-13)2-3-11(14)15/h4-7H,2-3H2,1H3,(H,14,15). The molecule has 2 aromatic rings. The number of aliphatic carboxylic acids is 1. The molecule has 0 aromatic carbocycles. The fourth-order valence-corrected chi connectivity index (χ4v) is 1.52. The van der Waals surface area contributed by atoms with Crippen LogP contribution in [0.5, 0.6) is 0 Å². The molecule has 0 unspecified atom stereocenters. The van der Waals surface area contributed by atoms with Crippen LogP contribution < -0.4 is 0 Å². The van der Waals surface area contributed by atoms with E-state index in [0.29, 0.717) is 6.42 Å². The highest BCUT2D eigenvalue weighted by atomic mass is 16.4. The van der Waals surface area contributed by atoms with Crippen LogP contribution in [0.2, 0.25) is 0 Å². The molecule has 2 aromatic heterocycles. The first-order valence-electron chi connectivity index (χ1n) is 4.82. The van der Waals surface area contributed by atoms with Crippen molar-refractivity contribution in [3.8, 4) is 0 Å². The molecule has 0 fully saturated rings. The third-order valence-electron chi connectivity index (χ3n) is 2.26. The topological polar surface area (TPSA) is 54.6 Å². The lowest BCUT2D eigenvalue weighted by Gasteiger charge is -1.93. The van der Waals surface area contributed by atoms with Gasteiger partial charge in [-0.2, -0.15) is 5.10 Å². The first-order chi connectivity index (χ1) is 7.15. The zero-order chi connectivity index (χ0) is 10.8. The van der Waals surface area contributed by atoms with Gasteiger partial charge < -0.3 is 5.11 Å². The van der Waals surface area contributed by atoms with E-state index in [-0.39, 0.29) is 6.42 Å². The number of hydrogen-bond acceptors (Lipinski definition) is 2. The molecule has 0 atom stereocenters. The molecule has 78 valence electrons. The minimum atomic E-state index is -0.789. The molecule has 0 aliphatic carbocycles. The maximum absolute atomic E-state index is 10.4. The average molecular weight is 204 g/mol. The number of carbonyl (C=O) groups is 1. The second kappa shape index (κ2) is 3.73. The monoisotopic (exact) mass is 204 g/mol. The summed E-state index contributed by atoms with van der Waals surface area (Å²) < 4.78 is 1.77. The van der Waals surface area contributed by atoms with Gasteiger partial charge in [0.1, 0.15) is 0 Å². The summed E-state index contributed by atoms with van der Waals surface area (Å²) in [5, 5.41) is 12.8. The molecule has 0 aliphatic heterocycles. The Labute approximate surface area is 87.2 Å². The van der Waals surface area contributed by atoms with E-state index in [1.165, 1.54) is 5.56 Å². The van der Waals surface area contributed by atoms with Crippen molar-refractivity contribution < 1.29 is 9.90 Å². The van der Waals surface area contributed by atoms with Crippen LogP contribution in [0.25, 0.3) is 5.52 Å². The average Bonchev–Trinajstić information content (AvgIpc) is 2.56. The SMILES string of the molecule is Cc1ccn2nc(CCC(=O)O)cc2c1. The Bertz CT molecular complexity index is 502. The van der Waals surface area contributed by atoms with E-state index >= 15 is 0 Å². The highest BCUT2D eigenvalue weighted by Gasteiger charge is 2.04. The summed E-state index contributed by atoms with van der Waals surface area (Å²) in [6, 6.07) is 5.92. The zero-order valence-corrected chi connectivity index (χ0v) is 8.47. The van der Waals surface area contributed by atoms with Gasteiger partial charge in [-0.1, -0.05) is 0 Å². The Balaban J connectivity index is 2.27. The van der Waals surface area contributed by atoms with Crippen LogP contribution in [0.15, 0.2) is 24.4 Å². The lowest BCUT2D eigenvalue weighted by Crippen LogP contribution is -1.98. The maximum Gasteiger partial charge on any atom is 0.303 e. The smallest absolute Gasteiger partial charge is 0.303 e. The van der Waals surface area contributed by atoms with Gasteiger partial charge in [0.2, 0.25) is 0 Å². The minimum absolute atomic E-state index is 0.128. The fraction of sp³-hybridized carbons (Fsp3) is 0.273. The molecule has 0 aliphatic rings. The minimum Gasteiger partial charge on any atom is -0.481 e. The van der Waals surface area contributed by atoms with E-state index in [1.54, 1.807) is 4.52 Å². The molecule has 0 radical (unpaired) electrons. The van der Waals surface area contributed by atoms with Gasteiger partial charge in [-0.05, 0) is 30.7 Å². The Morgan fingerprint density at radius 3 is 3.07 bits per heavy atom. The molecule has 1 N–H and O–H groups in total. The third-order valence-corrected chi connectivity index (χ3v) is 2.26. The number of aromatic nitrogens is 2. The molecule has 0 bridgehead atoms. The molecule has 4 heteroatoms. The molecule has 2 heterocycles. The van der Waals surface area contributed by atoms with Crippen LogP contribution in [-0.4, -0.2) is 20.7 Å². The second-order valence-corrected chi connectivity index (χ2v) is 3.60. The van der Waals surface area contributed by atoms with Crippen molar-refractivity contribution in [2.75, 3.05) is 0 Å². The summed E-state index contributed by atoms with van der Waals surface area (Å²) in [6.07, 6.45) is 2.49. The Morgan fingerprint density at radius 1 is 1.53 bits per heavy atom. The Hall–Kier alpha value is -1.84. The summed E-state index contributed by atoms with van der Waals surface area (Å²) in [5.41, 5.74) is 3.01. The van der Waals surface area contributed by atoms with Gasteiger partial charge in [-0.25, -0.2) is 4.52 Å². The van der Waals surface area contributed by atoms with Crippen molar-refractivity contribution in [1.82, 2.24) is 9.61 Å². The van der Waals surface area contributed by atoms with Gasteiger partial charge in [0.15, 0.2) is 0 Å². The van der Waals surface area contributed by atoms with Crippen molar-refractivity contribution in [2.24, 2.45) is 0 Å². The number of rotatable bonds is 3. The van der Waals surface area contributed by atoms with Gasteiger partial charge in [-0.3, -0.25) is 4.79 Å². The third kappa shape index (κ3) is 2.15. The fourth-order valence-electron chi connectivity index (χ4n) is 1.52. The van der Waals surface area contributed by atoms with Gasteiger partial charge in [-0.15, -0.1) is 0 Å². The number of carboxylic acids is 1. The molecule has 0 saturated heterocycles. The summed E-state index contributed by atoms with van der Waals surface area (Å²) in [4.78, 5) is 10.4. The summed E-state index contributed by atoms with van der Waals surface area (Å²) in [6.45, 7) is 2.02. The highest BCUT2D eigenvalue weighted by Crippen LogP contribution is 2.10. The molecule has 4 nitrogen and oxygen atoms in total. The lowest BCUT2D eigenvalue weighted by molar-refractivity contribution is -0.136. The summed E-state index contributed by atoms with van der Waals surface area (Å²) >= 11 is 0. The van der Waals surface area contributed by atoms with Gasteiger partial charge in [0.05, 0.1) is 17.6 Å². The largest absolute Gasteiger partial charge is 0.481 e. The first kappa shape index (κ1) is 9.71. The van der Waals surface area contributed by atoms with Gasteiger partial charge in [0, 0.05) is 12.6 Å². The molecular weight excluding hydrogens is 192 g/mol. The van der Waals surface area contributed by atoms with Crippen LogP contribution >= 0.6 is 0 Å². The maximum atomic E-state index is 10.4. The van der Waals surface area contributed by atoms with Crippen molar-refractivity contribution in [3.05, 3.63) is 35.7 Å². The van der Waals surface area contributed by atoms with E-state index in [9.17, 15) is 4.79 Å². The van der Waals surface area contributed by atoms with Crippen molar-refractivity contribution in [2.45, 2.75) is 19.8 Å². The van der Waals surface area contributed by atoms with E-state index in [1.807, 2.05) is 31.3 Å². The first-order valence-corrected chi connectivity index (χ1v) is 4.82. The van der Waals surface area contributed by atoms with Gasteiger partial charge >= 0.3 is 5.97 Å². The van der Waals surface area contributed by atoms with Crippen LogP contribution in [0.3, 0.4) is 0 Å². The number of aryl methyl sites for hydroxylation is 2. The predicted octanol–water partition coefficient (Wildman–Crippen LogP) is 1.66. The Kier molecular flexibility index (Phi) is 2.41. The molecule has 0 saturated carbocycles. The van der Waals surface area contributed by atoms with Crippen LogP contribution in [-0.2, 0) is 11.2 Å². The molecular formula is C11H12N2O2. The van der Waals surface area contributed by atoms with Crippen molar-refractivity contribution in [1.29, 1.82) is 0 Å². The van der Waals surface area contributed by atoms with E-state index < -0.39 is 5.97 Å². The second-order valence-electron chi connectivity index (χ2n) is 3.60. The predicted molar refractivity (Wildman–Crippen MR) is 55.9 cm³/mol. The van der Waals surface area contributed by atoms with Crippen molar-refractivity contribution in [3.63, 3.8) is 0 Å². The number of hydrogen-bond donors (Lipinski definition) is 1. The lowest BCUT2D eigenvalue weighted by atomic mass is 10.2. The van der Waals surface area contributed by atoms with E-state index in [0.717, 1.165) is 11.2 Å². The number of carboxylic acid groups (broad SMARTS) is 1. The van der Waals surface area contributed by atoms with E-state index in [4.69, 9.17) is 5.11 Å². The molecule has 15 heavy (non-hydrogen) atoms. The highest BCUT2D eigenvalue weighted by molar-refractivity contribution is 5.67. The van der Waals surface area contributed by atoms with Crippen LogP contribution in [0.1, 0.15) is 17.7 Å². The normalized spacial score (nSPS) is 10.7. The molecule has 2 rings (SSSR count). The molecule has 0 amide bonds. The number of fused-ring (bicyclic) bond motifs is 1. The summed E-state index contributed by atoms with van der Waals surface area (Å²) in [7, 11) is 0. The number of nitrogens with zero attached hydrogens (tertiary/aromatic N) is 2. The summed E-state index contributed by atoms with van der Waals surface area (Å²) in [5.74, 6) is -0.789. The quantitative estimate of drug-likeness (QED) is 0.827. The zero-order valence-electron chi connectivity index (χ0n) is 8.47.